The van der Waals surface area contributed by atoms with Gasteiger partial charge in [-0.05, 0) is 23.3 Å². The fraction of sp³-hybridized carbons (Fsp3) is 0.143. The number of nitrogens with zero attached hydrogens (tertiary/aromatic N) is 2. The molecule has 0 radical (unpaired) electrons. The van der Waals surface area contributed by atoms with Crippen LogP contribution in [0.3, 0.4) is 0 Å². The highest BCUT2D eigenvalue weighted by Gasteiger charge is 2.28. The molecule has 2 aromatic carbocycles. The van der Waals surface area contributed by atoms with Crippen molar-refractivity contribution in [1.29, 1.82) is 0 Å². The lowest BCUT2D eigenvalue weighted by Crippen LogP contribution is -2.14. The molecule has 0 bridgehead atoms. The molecule has 2 heterocycles. The van der Waals surface area contributed by atoms with Crippen molar-refractivity contribution >= 4 is 11.9 Å². The third-order valence-corrected chi connectivity index (χ3v) is 4.64. The molecule has 0 atom stereocenters. The number of hydrogen-bond acceptors (Lipinski definition) is 4. The van der Waals surface area contributed by atoms with E-state index in [-0.39, 0.29) is 36.7 Å². The van der Waals surface area contributed by atoms with Gasteiger partial charge in [0.15, 0.2) is 5.82 Å². The third kappa shape index (κ3) is 3.69. The normalized spacial score (nSPS) is 12.6. The number of hydrogen-bond donors (Lipinski definition) is 2. The van der Waals surface area contributed by atoms with Crippen molar-refractivity contribution in [2.24, 2.45) is 0 Å². The zero-order valence-electron chi connectivity index (χ0n) is 15.1. The summed E-state index contributed by atoms with van der Waals surface area (Å²) in [5, 5.41) is 11.5. The summed E-state index contributed by atoms with van der Waals surface area (Å²) in [5.41, 5.74) is 2.13. The zero-order valence-corrected chi connectivity index (χ0v) is 15.1. The average Bonchev–Trinajstić information content (AvgIpc) is 3.04. The molecule has 1 amide bonds. The van der Waals surface area contributed by atoms with Crippen molar-refractivity contribution in [1.82, 2.24) is 15.3 Å². The number of amides is 1. The maximum Gasteiger partial charge on any atom is 0.307 e. The molecule has 6 nitrogen and oxygen atoms in total. The molecule has 2 N–H and O–H groups in total. The van der Waals surface area contributed by atoms with Gasteiger partial charge in [-0.25, -0.2) is 18.7 Å². The molecule has 0 fully saturated rings. The lowest BCUT2D eigenvalue weighted by Gasteiger charge is -2.10. The highest BCUT2D eigenvalue weighted by Crippen LogP contribution is 2.27. The molecule has 1 aromatic heterocycles. The summed E-state index contributed by atoms with van der Waals surface area (Å²) in [4.78, 5) is 31.6. The molecule has 0 saturated carbocycles. The minimum atomic E-state index is -0.931. The topological polar surface area (TPSA) is 92.2 Å². The van der Waals surface area contributed by atoms with E-state index < -0.39 is 17.6 Å². The molecule has 0 spiro atoms. The summed E-state index contributed by atoms with van der Waals surface area (Å²) in [6.07, 6.45) is 0.136. The van der Waals surface area contributed by atoms with Gasteiger partial charge in [0, 0.05) is 6.42 Å². The SMILES string of the molecule is O=C(O)Cc1ccc(Cc2nc(-c3c(F)cccc3F)nc3c2C(=O)NC3)cc1. The Morgan fingerprint density at radius 1 is 1.00 bits per heavy atom. The third-order valence-electron chi connectivity index (χ3n) is 4.64. The second-order valence-electron chi connectivity index (χ2n) is 6.66. The molecule has 29 heavy (non-hydrogen) atoms. The number of nitrogens with one attached hydrogen (secondary N) is 1. The van der Waals surface area contributed by atoms with Crippen LogP contribution in [0, 0.1) is 11.6 Å². The van der Waals surface area contributed by atoms with Gasteiger partial charge in [0.2, 0.25) is 0 Å². The van der Waals surface area contributed by atoms with Crippen molar-refractivity contribution in [3.05, 3.63) is 82.2 Å². The fourth-order valence-corrected chi connectivity index (χ4v) is 3.30. The van der Waals surface area contributed by atoms with E-state index in [1.54, 1.807) is 24.3 Å². The van der Waals surface area contributed by atoms with Crippen LogP contribution >= 0.6 is 0 Å². The molecule has 4 rings (SSSR count). The molecule has 0 saturated heterocycles. The van der Waals surface area contributed by atoms with Crippen LogP contribution in [0.1, 0.15) is 32.9 Å². The van der Waals surface area contributed by atoms with Gasteiger partial charge in [0.1, 0.15) is 11.6 Å². The van der Waals surface area contributed by atoms with Crippen LogP contribution in [0.4, 0.5) is 8.78 Å². The lowest BCUT2D eigenvalue weighted by molar-refractivity contribution is -0.136. The van der Waals surface area contributed by atoms with E-state index in [0.717, 1.165) is 17.7 Å². The Morgan fingerprint density at radius 3 is 2.31 bits per heavy atom. The summed E-state index contributed by atoms with van der Waals surface area (Å²) in [7, 11) is 0. The van der Waals surface area contributed by atoms with E-state index >= 15 is 0 Å². The smallest absolute Gasteiger partial charge is 0.307 e. The number of carboxylic acid groups (broad SMARTS) is 1. The van der Waals surface area contributed by atoms with Gasteiger partial charge in [-0.3, -0.25) is 9.59 Å². The van der Waals surface area contributed by atoms with Crippen molar-refractivity contribution in [3.63, 3.8) is 0 Å². The van der Waals surface area contributed by atoms with E-state index in [1.165, 1.54) is 6.07 Å². The first-order chi connectivity index (χ1) is 13.9. The van der Waals surface area contributed by atoms with Gasteiger partial charge in [0.25, 0.3) is 5.91 Å². The summed E-state index contributed by atoms with van der Waals surface area (Å²) < 4.78 is 28.4. The van der Waals surface area contributed by atoms with Gasteiger partial charge in [0.05, 0.1) is 35.5 Å². The first kappa shape index (κ1) is 18.7. The molecule has 0 unspecified atom stereocenters. The van der Waals surface area contributed by atoms with Crippen LogP contribution in [0.25, 0.3) is 11.4 Å². The molecule has 8 heteroatoms. The van der Waals surface area contributed by atoms with E-state index in [4.69, 9.17) is 5.11 Å². The first-order valence-corrected chi connectivity index (χ1v) is 8.84. The number of carboxylic acids is 1. The molecule has 1 aliphatic heterocycles. The number of aromatic nitrogens is 2. The Bertz CT molecular complexity index is 1110. The highest BCUT2D eigenvalue weighted by molar-refractivity contribution is 5.99. The van der Waals surface area contributed by atoms with E-state index in [2.05, 4.69) is 15.3 Å². The molecule has 146 valence electrons. The quantitative estimate of drug-likeness (QED) is 0.693. The molecule has 1 aliphatic rings. The summed E-state index contributed by atoms with van der Waals surface area (Å²) in [6.45, 7) is 0.157. The van der Waals surface area contributed by atoms with Gasteiger partial charge in [-0.15, -0.1) is 0 Å². The summed E-state index contributed by atoms with van der Waals surface area (Å²) in [6, 6.07) is 10.3. The second kappa shape index (κ2) is 7.38. The predicted molar refractivity (Wildman–Crippen MR) is 99.1 cm³/mol. The van der Waals surface area contributed by atoms with Crippen LogP contribution in [-0.4, -0.2) is 27.0 Å². The van der Waals surface area contributed by atoms with Crippen molar-refractivity contribution in [2.75, 3.05) is 0 Å². The molecule has 3 aromatic rings. The summed E-state index contributed by atoms with van der Waals surface area (Å²) >= 11 is 0. The van der Waals surface area contributed by atoms with Crippen molar-refractivity contribution in [2.45, 2.75) is 19.4 Å². The number of benzene rings is 2. The Balaban J connectivity index is 1.76. The van der Waals surface area contributed by atoms with E-state index in [9.17, 15) is 18.4 Å². The van der Waals surface area contributed by atoms with Gasteiger partial charge >= 0.3 is 5.97 Å². The first-order valence-electron chi connectivity index (χ1n) is 8.84. The van der Waals surface area contributed by atoms with Gasteiger partial charge in [-0.2, -0.15) is 0 Å². The standard InChI is InChI=1S/C21H15F2N3O3/c22-13-2-1-3-14(23)18(13)20-25-15(19-16(26-20)10-24-21(19)29)8-11-4-6-12(7-5-11)9-17(27)28/h1-7H,8-10H2,(H,24,29)(H,27,28). The Hall–Kier alpha value is -3.68. The van der Waals surface area contributed by atoms with Crippen LogP contribution in [0.15, 0.2) is 42.5 Å². The Labute approximate surface area is 164 Å². The average molecular weight is 395 g/mol. The molecular formula is C21H15F2N3O3. The number of fused-ring (bicyclic) bond motifs is 1. The maximum atomic E-state index is 14.2. The van der Waals surface area contributed by atoms with Gasteiger partial charge < -0.3 is 10.4 Å². The minimum Gasteiger partial charge on any atom is -0.481 e. The fourth-order valence-electron chi connectivity index (χ4n) is 3.30. The number of aliphatic carboxylic acids is 1. The van der Waals surface area contributed by atoms with Crippen molar-refractivity contribution in [3.8, 4) is 11.4 Å². The van der Waals surface area contributed by atoms with Gasteiger partial charge in [-0.1, -0.05) is 30.3 Å². The number of carbonyl (C=O) groups excluding carboxylic acids is 1. The number of rotatable bonds is 5. The predicted octanol–water partition coefficient (Wildman–Crippen LogP) is 2.88. The van der Waals surface area contributed by atoms with Crippen LogP contribution in [0.2, 0.25) is 0 Å². The van der Waals surface area contributed by atoms with Crippen molar-refractivity contribution < 1.29 is 23.5 Å². The van der Waals surface area contributed by atoms with Crippen LogP contribution < -0.4 is 5.32 Å². The minimum absolute atomic E-state index is 0.0949. The largest absolute Gasteiger partial charge is 0.481 e. The maximum absolute atomic E-state index is 14.2. The number of carbonyl (C=O) groups is 2. The second-order valence-corrected chi connectivity index (χ2v) is 6.66. The van der Waals surface area contributed by atoms with Crippen LogP contribution in [0.5, 0.6) is 0 Å². The lowest BCUT2D eigenvalue weighted by atomic mass is 10.0. The highest BCUT2D eigenvalue weighted by atomic mass is 19.1. The monoisotopic (exact) mass is 395 g/mol. The zero-order chi connectivity index (χ0) is 20.5. The van der Waals surface area contributed by atoms with Crippen LogP contribution in [-0.2, 0) is 24.2 Å². The molecule has 0 aliphatic carbocycles. The Morgan fingerprint density at radius 2 is 1.66 bits per heavy atom. The summed E-state index contributed by atoms with van der Waals surface area (Å²) in [5.74, 6) is -2.96. The Kier molecular flexibility index (Phi) is 4.75. The van der Waals surface area contributed by atoms with E-state index in [1.807, 2.05) is 0 Å². The number of halogens is 2. The van der Waals surface area contributed by atoms with E-state index in [0.29, 0.717) is 22.5 Å². The molecular weight excluding hydrogens is 380 g/mol.